The van der Waals surface area contributed by atoms with Crippen LogP contribution < -0.4 is 10.6 Å². The summed E-state index contributed by atoms with van der Waals surface area (Å²) in [6.45, 7) is 5.21. The van der Waals surface area contributed by atoms with Gasteiger partial charge in [0.05, 0.1) is 0 Å². The Kier molecular flexibility index (Phi) is 7.95. The standard InChI is InChI=1S/C14H22N2OS2.ClH/c1-10(7-13-4-3-11(2)19-13)16-14(17)8-12-9-18-6-5-15-12;/h3-4,10,12,15H,5-9H2,1-2H3,(H,16,17);1H. The molecule has 0 radical (unpaired) electrons. The number of hydrogen-bond donors (Lipinski definition) is 2. The van der Waals surface area contributed by atoms with Gasteiger partial charge in [0.2, 0.25) is 5.91 Å². The number of aryl methyl sites for hydroxylation is 1. The van der Waals surface area contributed by atoms with E-state index in [0.29, 0.717) is 12.5 Å². The van der Waals surface area contributed by atoms with Crippen molar-refractivity contribution in [3.05, 3.63) is 21.9 Å². The molecule has 1 aromatic heterocycles. The summed E-state index contributed by atoms with van der Waals surface area (Å²) >= 11 is 3.74. The van der Waals surface area contributed by atoms with E-state index in [4.69, 9.17) is 0 Å². The monoisotopic (exact) mass is 334 g/mol. The van der Waals surface area contributed by atoms with E-state index in [2.05, 4.69) is 36.6 Å². The van der Waals surface area contributed by atoms with Crippen molar-refractivity contribution in [3.8, 4) is 0 Å². The number of carbonyl (C=O) groups is 1. The summed E-state index contributed by atoms with van der Waals surface area (Å²) in [6.07, 6.45) is 1.53. The smallest absolute Gasteiger partial charge is 0.221 e. The zero-order valence-electron chi connectivity index (χ0n) is 12.0. The minimum Gasteiger partial charge on any atom is -0.353 e. The minimum atomic E-state index is 0. The Hall–Kier alpha value is -0.230. The molecule has 20 heavy (non-hydrogen) atoms. The second-order valence-electron chi connectivity index (χ2n) is 5.12. The molecular formula is C14H23ClN2OS2. The topological polar surface area (TPSA) is 41.1 Å². The summed E-state index contributed by atoms with van der Waals surface area (Å²) < 4.78 is 0. The molecule has 1 amide bonds. The van der Waals surface area contributed by atoms with Crippen molar-refractivity contribution in [2.24, 2.45) is 0 Å². The third-order valence-electron chi connectivity index (χ3n) is 3.14. The molecule has 1 aliphatic rings. The van der Waals surface area contributed by atoms with Crippen LogP contribution >= 0.6 is 35.5 Å². The molecule has 1 aliphatic heterocycles. The molecule has 0 aromatic carbocycles. The van der Waals surface area contributed by atoms with E-state index in [1.165, 1.54) is 9.75 Å². The Balaban J connectivity index is 0.00000200. The number of hydrogen-bond acceptors (Lipinski definition) is 4. The molecular weight excluding hydrogens is 312 g/mol. The first-order chi connectivity index (χ1) is 9.13. The lowest BCUT2D eigenvalue weighted by molar-refractivity contribution is -0.122. The number of nitrogens with one attached hydrogen (secondary N) is 2. The highest BCUT2D eigenvalue weighted by molar-refractivity contribution is 7.99. The summed E-state index contributed by atoms with van der Waals surface area (Å²) in [5, 5.41) is 6.50. The van der Waals surface area contributed by atoms with Gasteiger partial charge in [-0.15, -0.1) is 23.7 Å². The molecule has 2 atom stereocenters. The largest absolute Gasteiger partial charge is 0.353 e. The molecule has 3 nitrogen and oxygen atoms in total. The number of carbonyl (C=O) groups excluding carboxylic acids is 1. The molecule has 6 heteroatoms. The highest BCUT2D eigenvalue weighted by Gasteiger charge is 2.17. The normalized spacial score (nSPS) is 20.0. The Labute approximate surface area is 135 Å². The second kappa shape index (κ2) is 8.93. The zero-order chi connectivity index (χ0) is 13.7. The first kappa shape index (κ1) is 17.8. The van der Waals surface area contributed by atoms with E-state index in [1.54, 1.807) is 0 Å². The van der Waals surface area contributed by atoms with Crippen molar-refractivity contribution in [1.82, 2.24) is 10.6 Å². The van der Waals surface area contributed by atoms with Crippen LogP contribution in [0, 0.1) is 6.92 Å². The van der Waals surface area contributed by atoms with Gasteiger partial charge in [0.1, 0.15) is 0 Å². The van der Waals surface area contributed by atoms with Gasteiger partial charge in [-0.1, -0.05) is 0 Å². The third kappa shape index (κ3) is 6.04. The van der Waals surface area contributed by atoms with Crippen molar-refractivity contribution in [2.75, 3.05) is 18.1 Å². The maximum Gasteiger partial charge on any atom is 0.221 e. The van der Waals surface area contributed by atoms with Crippen LogP contribution in [0.15, 0.2) is 12.1 Å². The molecule has 1 fully saturated rings. The first-order valence-electron chi connectivity index (χ1n) is 6.79. The quantitative estimate of drug-likeness (QED) is 0.869. The van der Waals surface area contributed by atoms with Crippen molar-refractivity contribution >= 4 is 41.4 Å². The van der Waals surface area contributed by atoms with Gasteiger partial charge in [-0.25, -0.2) is 0 Å². The molecule has 1 aromatic rings. The molecule has 2 unspecified atom stereocenters. The summed E-state index contributed by atoms with van der Waals surface area (Å²) in [4.78, 5) is 14.6. The summed E-state index contributed by atoms with van der Waals surface area (Å²) in [5.41, 5.74) is 0. The summed E-state index contributed by atoms with van der Waals surface area (Å²) in [7, 11) is 0. The number of amides is 1. The summed E-state index contributed by atoms with van der Waals surface area (Å²) in [5.74, 6) is 2.37. The zero-order valence-corrected chi connectivity index (χ0v) is 14.4. The van der Waals surface area contributed by atoms with E-state index >= 15 is 0 Å². The van der Waals surface area contributed by atoms with Crippen LogP contribution in [0.25, 0.3) is 0 Å². The number of rotatable bonds is 5. The molecule has 2 rings (SSSR count). The van der Waals surface area contributed by atoms with Crippen LogP contribution in [0.2, 0.25) is 0 Å². The average molecular weight is 335 g/mol. The number of thiophene rings is 1. The first-order valence-corrected chi connectivity index (χ1v) is 8.76. The van der Waals surface area contributed by atoms with Gasteiger partial charge in [-0.05, 0) is 26.0 Å². The fraction of sp³-hybridized carbons (Fsp3) is 0.643. The van der Waals surface area contributed by atoms with Gasteiger partial charge in [-0.3, -0.25) is 4.79 Å². The van der Waals surface area contributed by atoms with Crippen LogP contribution in [0.5, 0.6) is 0 Å². The predicted molar refractivity (Wildman–Crippen MR) is 91.3 cm³/mol. The Morgan fingerprint density at radius 2 is 2.35 bits per heavy atom. The molecule has 0 bridgehead atoms. The van der Waals surface area contributed by atoms with Gasteiger partial charge in [0, 0.05) is 52.7 Å². The molecule has 2 heterocycles. The van der Waals surface area contributed by atoms with Crippen LogP contribution in [0.1, 0.15) is 23.1 Å². The van der Waals surface area contributed by atoms with Gasteiger partial charge in [0.25, 0.3) is 0 Å². The summed E-state index contributed by atoms with van der Waals surface area (Å²) in [6, 6.07) is 4.84. The molecule has 0 spiro atoms. The number of thioether (sulfide) groups is 1. The third-order valence-corrected chi connectivity index (χ3v) is 5.29. The van der Waals surface area contributed by atoms with Crippen LogP contribution in [0.3, 0.4) is 0 Å². The molecule has 0 aliphatic carbocycles. The Morgan fingerprint density at radius 1 is 1.55 bits per heavy atom. The number of halogens is 1. The maximum atomic E-state index is 12.0. The van der Waals surface area contributed by atoms with Crippen LogP contribution in [-0.2, 0) is 11.2 Å². The van der Waals surface area contributed by atoms with Gasteiger partial charge < -0.3 is 10.6 Å². The van der Waals surface area contributed by atoms with Crippen LogP contribution in [0.4, 0.5) is 0 Å². The minimum absolute atomic E-state index is 0. The van der Waals surface area contributed by atoms with Gasteiger partial charge in [-0.2, -0.15) is 11.8 Å². The molecule has 2 N–H and O–H groups in total. The second-order valence-corrected chi connectivity index (χ2v) is 7.64. The molecule has 114 valence electrons. The van der Waals surface area contributed by atoms with E-state index < -0.39 is 0 Å². The fourth-order valence-corrected chi connectivity index (χ4v) is 4.22. The van der Waals surface area contributed by atoms with E-state index in [9.17, 15) is 4.79 Å². The van der Waals surface area contributed by atoms with E-state index in [1.807, 2.05) is 23.1 Å². The lowest BCUT2D eigenvalue weighted by atomic mass is 10.1. The van der Waals surface area contributed by atoms with E-state index in [-0.39, 0.29) is 24.4 Å². The average Bonchev–Trinajstić information content (AvgIpc) is 2.75. The predicted octanol–water partition coefficient (Wildman–Crippen LogP) is 2.62. The van der Waals surface area contributed by atoms with E-state index in [0.717, 1.165) is 24.5 Å². The molecule has 1 saturated heterocycles. The van der Waals surface area contributed by atoms with Crippen molar-refractivity contribution in [3.63, 3.8) is 0 Å². The van der Waals surface area contributed by atoms with Gasteiger partial charge >= 0.3 is 0 Å². The van der Waals surface area contributed by atoms with Crippen molar-refractivity contribution in [1.29, 1.82) is 0 Å². The van der Waals surface area contributed by atoms with Gasteiger partial charge in [0.15, 0.2) is 0 Å². The highest BCUT2D eigenvalue weighted by Crippen LogP contribution is 2.17. The SMILES string of the molecule is Cc1ccc(CC(C)NC(=O)CC2CSCCN2)s1.Cl. The van der Waals surface area contributed by atoms with Crippen molar-refractivity contribution in [2.45, 2.75) is 38.8 Å². The lowest BCUT2D eigenvalue weighted by Crippen LogP contribution is -2.43. The Bertz CT molecular complexity index is 419. The van der Waals surface area contributed by atoms with Crippen molar-refractivity contribution < 1.29 is 4.79 Å². The lowest BCUT2D eigenvalue weighted by Gasteiger charge is -2.23. The Morgan fingerprint density at radius 3 is 2.95 bits per heavy atom. The molecule has 0 saturated carbocycles. The fourth-order valence-electron chi connectivity index (χ4n) is 2.26. The van der Waals surface area contributed by atoms with Crippen LogP contribution in [-0.4, -0.2) is 36.0 Å². The highest BCUT2D eigenvalue weighted by atomic mass is 35.5. The maximum absolute atomic E-state index is 12.0.